The lowest BCUT2D eigenvalue weighted by Gasteiger charge is -2.49. The molecule has 1 fully saturated rings. The first-order valence-corrected chi connectivity index (χ1v) is 9.79. The fourth-order valence-corrected chi connectivity index (χ4v) is 4.60. The van der Waals surface area contributed by atoms with Crippen molar-refractivity contribution in [2.75, 3.05) is 27.2 Å². The molecule has 0 saturated carbocycles. The summed E-state index contributed by atoms with van der Waals surface area (Å²) in [5.74, 6) is 1.90. The van der Waals surface area contributed by atoms with Gasteiger partial charge in [-0.25, -0.2) is 5.01 Å². The lowest BCUT2D eigenvalue weighted by Crippen LogP contribution is -3.11. The van der Waals surface area contributed by atoms with Crippen molar-refractivity contribution in [1.29, 1.82) is 0 Å². The van der Waals surface area contributed by atoms with Crippen LogP contribution in [0, 0.1) is 0 Å². The number of piperidine rings is 1. The molecular formula is C22H26N3O2+. The summed E-state index contributed by atoms with van der Waals surface area (Å²) < 4.78 is 12.0. The van der Waals surface area contributed by atoms with Crippen LogP contribution in [0.2, 0.25) is 0 Å². The molecule has 0 bridgehead atoms. The number of nitrogens with zero attached hydrogens (tertiary/aromatic N) is 2. The molecule has 1 saturated heterocycles. The second kappa shape index (κ2) is 6.27. The molecule has 0 aliphatic carbocycles. The highest BCUT2D eigenvalue weighted by Gasteiger charge is 2.52. The van der Waals surface area contributed by atoms with Crippen molar-refractivity contribution in [2.45, 2.75) is 31.0 Å². The average Bonchev–Trinajstić information content (AvgIpc) is 3.17. The smallest absolute Gasteiger partial charge is 0.208 e. The zero-order valence-corrected chi connectivity index (χ0v) is 15.9. The van der Waals surface area contributed by atoms with Gasteiger partial charge >= 0.3 is 0 Å². The van der Waals surface area contributed by atoms with E-state index in [2.05, 4.69) is 48.5 Å². The van der Waals surface area contributed by atoms with E-state index in [9.17, 15) is 0 Å². The number of hydrazone groups is 1. The molecule has 1 spiro atoms. The van der Waals surface area contributed by atoms with Crippen LogP contribution in [0.4, 0.5) is 0 Å². The second-order valence-electron chi connectivity index (χ2n) is 7.89. The fraction of sp³-hybridized carbons (Fsp3) is 0.409. The van der Waals surface area contributed by atoms with Gasteiger partial charge in [0, 0.05) is 17.5 Å². The van der Waals surface area contributed by atoms with Gasteiger partial charge in [0.15, 0.2) is 0 Å². The summed E-state index contributed by atoms with van der Waals surface area (Å²) >= 11 is 0. The Morgan fingerprint density at radius 1 is 1.15 bits per heavy atom. The van der Waals surface area contributed by atoms with Gasteiger partial charge in [-0.05, 0) is 18.2 Å². The molecule has 140 valence electrons. The van der Waals surface area contributed by atoms with Crippen LogP contribution >= 0.6 is 0 Å². The van der Waals surface area contributed by atoms with E-state index < -0.39 is 0 Å². The number of fused-ring (bicyclic) bond motifs is 4. The van der Waals surface area contributed by atoms with Gasteiger partial charge in [-0.2, -0.15) is 5.10 Å². The SMILES string of the molecule is COc1cccc(C2=NN3[C@@H](C2)c2ccccc2OC32CC[NH+](C)CC2)c1. The first kappa shape index (κ1) is 16.6. The van der Waals surface area contributed by atoms with E-state index in [4.69, 9.17) is 14.6 Å². The minimum Gasteiger partial charge on any atom is -0.497 e. The zero-order chi connectivity index (χ0) is 18.4. The summed E-state index contributed by atoms with van der Waals surface area (Å²) in [7, 11) is 3.97. The maximum absolute atomic E-state index is 6.63. The zero-order valence-electron chi connectivity index (χ0n) is 15.9. The van der Waals surface area contributed by atoms with Gasteiger partial charge in [0.05, 0.1) is 51.8 Å². The number of benzene rings is 2. The Morgan fingerprint density at radius 3 is 2.78 bits per heavy atom. The van der Waals surface area contributed by atoms with Gasteiger partial charge in [0.1, 0.15) is 11.5 Å². The fourth-order valence-electron chi connectivity index (χ4n) is 4.60. The number of hydrogen-bond donors (Lipinski definition) is 1. The van der Waals surface area contributed by atoms with Crippen LogP contribution in [0.15, 0.2) is 53.6 Å². The summed E-state index contributed by atoms with van der Waals surface area (Å²) in [5, 5.41) is 7.39. The van der Waals surface area contributed by atoms with Crippen molar-refractivity contribution in [3.05, 3.63) is 59.7 Å². The number of hydrogen-bond acceptors (Lipinski definition) is 4. The number of quaternary nitrogens is 1. The summed E-state index contributed by atoms with van der Waals surface area (Å²) in [6.07, 6.45) is 2.90. The Labute approximate surface area is 160 Å². The molecule has 0 radical (unpaired) electrons. The van der Waals surface area contributed by atoms with E-state index in [1.165, 1.54) is 5.56 Å². The maximum Gasteiger partial charge on any atom is 0.208 e. The minimum absolute atomic E-state index is 0.245. The van der Waals surface area contributed by atoms with Crippen molar-refractivity contribution in [3.63, 3.8) is 0 Å². The molecule has 5 heteroatoms. The normalized spacial score (nSPS) is 29.0. The van der Waals surface area contributed by atoms with Crippen LogP contribution in [0.1, 0.15) is 36.4 Å². The number of ether oxygens (including phenoxy) is 2. The molecule has 5 nitrogen and oxygen atoms in total. The second-order valence-corrected chi connectivity index (χ2v) is 7.89. The van der Waals surface area contributed by atoms with E-state index in [0.717, 1.165) is 55.1 Å². The van der Waals surface area contributed by atoms with Crippen LogP contribution < -0.4 is 14.4 Å². The standard InChI is InChI=1S/C22H25N3O2/c1-24-12-10-22(11-13-24)25-20(18-8-3-4-9-21(18)27-22)15-19(23-25)16-6-5-7-17(14-16)26-2/h3-9,14,20H,10-13,15H2,1-2H3/p+1/t20-/m0/s1. The first-order chi connectivity index (χ1) is 13.2. The minimum atomic E-state index is -0.320. The highest BCUT2D eigenvalue weighted by molar-refractivity contribution is 6.02. The van der Waals surface area contributed by atoms with Crippen LogP contribution in [-0.2, 0) is 0 Å². The van der Waals surface area contributed by atoms with Crippen LogP contribution in [0.25, 0.3) is 0 Å². The van der Waals surface area contributed by atoms with Crippen molar-refractivity contribution in [1.82, 2.24) is 5.01 Å². The summed E-state index contributed by atoms with van der Waals surface area (Å²) in [6.45, 7) is 2.21. The highest BCUT2D eigenvalue weighted by Crippen LogP contribution is 2.49. The third kappa shape index (κ3) is 2.69. The number of methoxy groups -OCH3 is 1. The molecule has 0 unspecified atom stereocenters. The molecule has 5 rings (SSSR count). The highest BCUT2D eigenvalue weighted by atomic mass is 16.5. The molecule has 0 aromatic heterocycles. The van der Waals surface area contributed by atoms with Crippen molar-refractivity contribution >= 4 is 5.71 Å². The number of nitrogens with one attached hydrogen (secondary N) is 1. The van der Waals surface area contributed by atoms with Crippen LogP contribution in [0.5, 0.6) is 11.5 Å². The monoisotopic (exact) mass is 364 g/mol. The molecule has 3 heterocycles. The molecule has 2 aromatic rings. The largest absolute Gasteiger partial charge is 0.497 e. The topological polar surface area (TPSA) is 38.5 Å². The van der Waals surface area contributed by atoms with Gasteiger partial charge < -0.3 is 14.4 Å². The third-order valence-electron chi connectivity index (χ3n) is 6.19. The van der Waals surface area contributed by atoms with Crippen molar-refractivity contribution in [2.24, 2.45) is 5.10 Å². The predicted molar refractivity (Wildman–Crippen MR) is 104 cm³/mol. The van der Waals surface area contributed by atoms with Gasteiger partial charge in [-0.1, -0.05) is 30.3 Å². The lowest BCUT2D eigenvalue weighted by atomic mass is 9.91. The van der Waals surface area contributed by atoms with Crippen LogP contribution in [0.3, 0.4) is 0 Å². The van der Waals surface area contributed by atoms with Gasteiger partial charge in [-0.15, -0.1) is 0 Å². The predicted octanol–water partition coefficient (Wildman–Crippen LogP) is 2.24. The third-order valence-corrected chi connectivity index (χ3v) is 6.19. The molecule has 1 N–H and O–H groups in total. The van der Waals surface area contributed by atoms with Crippen molar-refractivity contribution < 1.29 is 14.4 Å². The number of likely N-dealkylation sites (tertiary alicyclic amines) is 1. The summed E-state index contributed by atoms with van der Waals surface area (Å²) in [6, 6.07) is 16.9. The molecule has 27 heavy (non-hydrogen) atoms. The van der Waals surface area contributed by atoms with E-state index >= 15 is 0 Å². The average molecular weight is 364 g/mol. The lowest BCUT2D eigenvalue weighted by molar-refractivity contribution is -0.888. The Morgan fingerprint density at radius 2 is 1.96 bits per heavy atom. The van der Waals surface area contributed by atoms with Gasteiger partial charge in [0.2, 0.25) is 5.72 Å². The van der Waals surface area contributed by atoms with Crippen molar-refractivity contribution in [3.8, 4) is 11.5 Å². The molecular weight excluding hydrogens is 338 g/mol. The van der Waals surface area contributed by atoms with Gasteiger partial charge in [-0.3, -0.25) is 0 Å². The molecule has 3 aliphatic rings. The Hall–Kier alpha value is -2.53. The summed E-state index contributed by atoms with van der Waals surface area (Å²) in [4.78, 5) is 1.57. The van der Waals surface area contributed by atoms with E-state index in [-0.39, 0.29) is 11.8 Å². The molecule has 0 amide bonds. The van der Waals surface area contributed by atoms with E-state index in [0.29, 0.717) is 0 Å². The molecule has 2 aromatic carbocycles. The number of rotatable bonds is 2. The molecule has 3 aliphatic heterocycles. The quantitative estimate of drug-likeness (QED) is 0.888. The van der Waals surface area contributed by atoms with Crippen LogP contribution in [-0.4, -0.2) is 43.7 Å². The first-order valence-electron chi connectivity index (χ1n) is 9.79. The Bertz CT molecular complexity index is 887. The molecule has 1 atom stereocenters. The van der Waals surface area contributed by atoms with Gasteiger partial charge in [0.25, 0.3) is 0 Å². The number of para-hydroxylation sites is 1. The maximum atomic E-state index is 6.63. The van der Waals surface area contributed by atoms with E-state index in [1.54, 1.807) is 12.0 Å². The van der Waals surface area contributed by atoms with E-state index in [1.807, 2.05) is 12.1 Å². The summed E-state index contributed by atoms with van der Waals surface area (Å²) in [5.41, 5.74) is 3.18. The Balaban J connectivity index is 1.57. The Kier molecular flexibility index (Phi) is 3.86.